The summed E-state index contributed by atoms with van der Waals surface area (Å²) in [6.07, 6.45) is 2.12. The van der Waals surface area contributed by atoms with E-state index < -0.39 is 17.7 Å². The Morgan fingerprint density at radius 2 is 2.08 bits per heavy atom. The fourth-order valence-corrected chi connectivity index (χ4v) is 3.42. The molecule has 0 radical (unpaired) electrons. The van der Waals surface area contributed by atoms with Gasteiger partial charge >= 0.3 is 6.03 Å². The lowest BCUT2D eigenvalue weighted by Crippen LogP contribution is -2.45. The molecule has 0 unspecified atom stereocenters. The van der Waals surface area contributed by atoms with Crippen LogP contribution in [0.3, 0.4) is 0 Å². The smallest absolute Gasteiger partial charge is 0.325 e. The molecule has 2 N–H and O–H groups in total. The van der Waals surface area contributed by atoms with Gasteiger partial charge in [0.25, 0.3) is 5.91 Å². The van der Waals surface area contributed by atoms with Gasteiger partial charge in [-0.3, -0.25) is 14.5 Å². The van der Waals surface area contributed by atoms with Crippen LogP contribution in [0.4, 0.5) is 4.79 Å². The Hall–Kier alpha value is -2.41. The van der Waals surface area contributed by atoms with Crippen molar-refractivity contribution in [3.8, 4) is 5.75 Å². The monoisotopic (exact) mass is 346 g/mol. The number of β-amino-alcohol motifs (C(OH)–C–C–N with tert-alkyl or cyclic N) is 1. The first-order valence-corrected chi connectivity index (χ1v) is 8.47. The molecule has 1 aliphatic heterocycles. The predicted octanol–water partition coefficient (Wildman–Crippen LogP) is 1.49. The number of nitrogens with zero attached hydrogens (tertiary/aromatic N) is 1. The predicted molar refractivity (Wildman–Crippen MR) is 89.4 cm³/mol. The number of benzene rings is 1. The Morgan fingerprint density at radius 3 is 2.76 bits per heavy atom. The van der Waals surface area contributed by atoms with Gasteiger partial charge in [-0.05, 0) is 31.9 Å². The molecule has 7 heteroatoms. The Balaban J connectivity index is 1.57. The van der Waals surface area contributed by atoms with Gasteiger partial charge in [-0.15, -0.1) is 0 Å². The van der Waals surface area contributed by atoms with Crippen LogP contribution in [0.1, 0.15) is 43.0 Å². The third-order valence-electron chi connectivity index (χ3n) is 4.78. The van der Waals surface area contributed by atoms with E-state index in [1.807, 2.05) is 0 Å². The highest BCUT2D eigenvalue weighted by Gasteiger charge is 2.52. The minimum atomic E-state index is -1.01. The van der Waals surface area contributed by atoms with E-state index in [-0.39, 0.29) is 24.8 Å². The highest BCUT2D eigenvalue weighted by Crippen LogP contribution is 2.35. The molecule has 3 rings (SSSR count). The maximum Gasteiger partial charge on any atom is 0.325 e. The van der Waals surface area contributed by atoms with Crippen LogP contribution >= 0.6 is 0 Å². The number of amides is 3. The molecule has 1 aromatic rings. The van der Waals surface area contributed by atoms with Crippen LogP contribution in [0.5, 0.6) is 5.75 Å². The third kappa shape index (κ3) is 3.51. The number of hydrogen-bond donors (Lipinski definition) is 2. The van der Waals surface area contributed by atoms with E-state index in [2.05, 4.69) is 5.32 Å². The van der Waals surface area contributed by atoms with Crippen molar-refractivity contribution >= 4 is 17.7 Å². The van der Waals surface area contributed by atoms with Gasteiger partial charge in [-0.1, -0.05) is 25.0 Å². The van der Waals surface area contributed by atoms with Crippen LogP contribution < -0.4 is 10.1 Å². The molecule has 2 aliphatic rings. The van der Waals surface area contributed by atoms with Crippen molar-refractivity contribution in [2.24, 2.45) is 0 Å². The lowest BCUT2D eigenvalue weighted by atomic mass is 9.98. The van der Waals surface area contributed by atoms with Gasteiger partial charge in [0.15, 0.2) is 5.78 Å². The second-order valence-electron chi connectivity index (χ2n) is 6.68. The molecule has 1 spiro atoms. The largest absolute Gasteiger partial charge is 0.491 e. The zero-order valence-corrected chi connectivity index (χ0v) is 14.2. The lowest BCUT2D eigenvalue weighted by molar-refractivity contribution is -0.132. The summed E-state index contributed by atoms with van der Waals surface area (Å²) in [7, 11) is 0. The lowest BCUT2D eigenvalue weighted by Gasteiger charge is -2.21. The standard InChI is InChI=1S/C18H22N2O5/c1-12(21)13-5-4-6-15(9-13)25-11-14(22)10-20-16(23)18(19-17(20)24)7-2-3-8-18/h4-6,9,14,22H,2-3,7-8,10-11H2,1H3,(H,19,24)/t14-/m0/s1. The number of Topliss-reactive ketones (excluding diaryl/α,β-unsaturated/α-hetero) is 1. The number of aliphatic hydroxyl groups is 1. The van der Waals surface area contributed by atoms with E-state index >= 15 is 0 Å². The van der Waals surface area contributed by atoms with Crippen LogP contribution in [-0.4, -0.2) is 52.5 Å². The topological polar surface area (TPSA) is 95.9 Å². The minimum Gasteiger partial charge on any atom is -0.491 e. The average molecular weight is 346 g/mol. The van der Waals surface area contributed by atoms with E-state index in [4.69, 9.17) is 4.74 Å². The SMILES string of the molecule is CC(=O)c1cccc(OC[C@@H](O)CN2C(=O)NC3(CCCC3)C2=O)c1. The minimum absolute atomic E-state index is 0.0767. The summed E-state index contributed by atoms with van der Waals surface area (Å²) < 4.78 is 5.48. The molecule has 3 amide bonds. The Labute approximate surface area is 146 Å². The summed E-state index contributed by atoms with van der Waals surface area (Å²) in [6, 6.07) is 6.19. The first-order chi connectivity index (χ1) is 11.9. The number of carbonyl (C=O) groups is 3. The zero-order valence-electron chi connectivity index (χ0n) is 14.2. The average Bonchev–Trinajstić information content (AvgIpc) is 3.14. The fourth-order valence-electron chi connectivity index (χ4n) is 3.42. The molecule has 134 valence electrons. The zero-order chi connectivity index (χ0) is 18.0. The number of aliphatic hydroxyl groups excluding tert-OH is 1. The molecule has 1 aromatic carbocycles. The molecule has 25 heavy (non-hydrogen) atoms. The molecule has 1 saturated carbocycles. The van der Waals surface area contributed by atoms with Gasteiger partial charge in [0.1, 0.15) is 24.0 Å². The molecular weight excluding hydrogens is 324 g/mol. The summed E-state index contributed by atoms with van der Waals surface area (Å²) in [5.74, 6) is 0.121. The van der Waals surface area contributed by atoms with Gasteiger partial charge in [-0.2, -0.15) is 0 Å². The van der Waals surface area contributed by atoms with E-state index in [0.717, 1.165) is 17.7 Å². The van der Waals surface area contributed by atoms with E-state index in [0.29, 0.717) is 24.2 Å². The van der Waals surface area contributed by atoms with E-state index in [9.17, 15) is 19.5 Å². The van der Waals surface area contributed by atoms with Crippen LogP contribution in [0, 0.1) is 0 Å². The molecule has 1 aliphatic carbocycles. The van der Waals surface area contributed by atoms with Gasteiger partial charge < -0.3 is 15.2 Å². The summed E-state index contributed by atoms with van der Waals surface area (Å²) in [6.45, 7) is 1.27. The number of hydrogen-bond acceptors (Lipinski definition) is 5. The quantitative estimate of drug-likeness (QED) is 0.601. The fraction of sp³-hybridized carbons (Fsp3) is 0.500. The van der Waals surface area contributed by atoms with Crippen molar-refractivity contribution in [1.82, 2.24) is 10.2 Å². The molecule has 7 nitrogen and oxygen atoms in total. The Bertz CT molecular complexity index is 696. The Kier molecular flexibility index (Phi) is 4.76. The molecule has 0 aromatic heterocycles. The maximum atomic E-state index is 12.5. The third-order valence-corrected chi connectivity index (χ3v) is 4.78. The number of ketones is 1. The van der Waals surface area contributed by atoms with Gasteiger partial charge in [0.2, 0.25) is 0 Å². The summed E-state index contributed by atoms with van der Waals surface area (Å²) >= 11 is 0. The highest BCUT2D eigenvalue weighted by atomic mass is 16.5. The highest BCUT2D eigenvalue weighted by molar-refractivity contribution is 6.07. The van der Waals surface area contributed by atoms with Gasteiger partial charge in [0.05, 0.1) is 6.54 Å². The van der Waals surface area contributed by atoms with Gasteiger partial charge in [0, 0.05) is 5.56 Å². The van der Waals surface area contributed by atoms with Crippen LogP contribution in [0.25, 0.3) is 0 Å². The molecule has 1 atom stereocenters. The summed E-state index contributed by atoms with van der Waals surface area (Å²) in [4.78, 5) is 37.0. The van der Waals surface area contributed by atoms with Crippen LogP contribution in [-0.2, 0) is 4.79 Å². The molecular formula is C18H22N2O5. The van der Waals surface area contributed by atoms with Crippen molar-refractivity contribution in [3.05, 3.63) is 29.8 Å². The summed E-state index contributed by atoms with van der Waals surface area (Å²) in [5, 5.41) is 12.9. The second-order valence-corrected chi connectivity index (χ2v) is 6.68. The van der Waals surface area contributed by atoms with Crippen LogP contribution in [0.15, 0.2) is 24.3 Å². The normalized spacial score (nSPS) is 20.0. The molecule has 0 bridgehead atoms. The van der Waals surface area contributed by atoms with Crippen molar-refractivity contribution in [1.29, 1.82) is 0 Å². The number of nitrogens with one attached hydrogen (secondary N) is 1. The second kappa shape index (κ2) is 6.84. The number of imide groups is 1. The maximum absolute atomic E-state index is 12.5. The first-order valence-electron chi connectivity index (χ1n) is 8.47. The van der Waals surface area contributed by atoms with E-state index in [1.165, 1.54) is 6.92 Å². The van der Waals surface area contributed by atoms with Crippen molar-refractivity contribution in [3.63, 3.8) is 0 Å². The Morgan fingerprint density at radius 1 is 1.36 bits per heavy atom. The van der Waals surface area contributed by atoms with Gasteiger partial charge in [-0.25, -0.2) is 4.79 Å². The van der Waals surface area contributed by atoms with Crippen LogP contribution in [0.2, 0.25) is 0 Å². The van der Waals surface area contributed by atoms with Crippen molar-refractivity contribution in [2.75, 3.05) is 13.2 Å². The number of carbonyl (C=O) groups excluding carboxylic acids is 3. The first kappa shape index (κ1) is 17.4. The molecule has 1 saturated heterocycles. The summed E-state index contributed by atoms with van der Waals surface area (Å²) in [5.41, 5.74) is -0.253. The molecule has 2 fully saturated rings. The van der Waals surface area contributed by atoms with Crippen molar-refractivity contribution in [2.45, 2.75) is 44.2 Å². The van der Waals surface area contributed by atoms with E-state index in [1.54, 1.807) is 24.3 Å². The number of urea groups is 1. The number of rotatable bonds is 6. The molecule has 1 heterocycles. The van der Waals surface area contributed by atoms with Crippen molar-refractivity contribution < 1.29 is 24.2 Å². The number of ether oxygens (including phenoxy) is 1.